The van der Waals surface area contributed by atoms with Crippen LogP contribution in [0.4, 0.5) is 4.79 Å². The number of rotatable bonds is 5. The lowest BCUT2D eigenvalue weighted by Gasteiger charge is -2.25. The average Bonchev–Trinajstić information content (AvgIpc) is 2.77. The van der Waals surface area contributed by atoms with Gasteiger partial charge in [-0.05, 0) is 27.2 Å². The second-order valence-electron chi connectivity index (χ2n) is 4.93. The minimum Gasteiger partial charge on any atom is -0.476 e. The number of carbonyl (C=O) groups excluding carboxylic acids is 1. The zero-order valence-electron chi connectivity index (χ0n) is 11.5. The number of urea groups is 1. The maximum Gasteiger partial charge on any atom is 0.355 e. The van der Waals surface area contributed by atoms with E-state index in [1.807, 2.05) is 20.8 Å². The molecule has 0 fully saturated rings. The highest BCUT2D eigenvalue weighted by atomic mass is 32.1. The minimum absolute atomic E-state index is 0.00273. The summed E-state index contributed by atoms with van der Waals surface area (Å²) in [5.41, 5.74) is -0.276. The van der Waals surface area contributed by atoms with Crippen molar-refractivity contribution < 1.29 is 14.7 Å². The van der Waals surface area contributed by atoms with E-state index < -0.39 is 5.97 Å². The van der Waals surface area contributed by atoms with Gasteiger partial charge >= 0.3 is 12.0 Å². The molecule has 0 aromatic carbocycles. The summed E-state index contributed by atoms with van der Waals surface area (Å²) in [4.78, 5) is 26.5. The Morgan fingerprint density at radius 1 is 1.53 bits per heavy atom. The summed E-state index contributed by atoms with van der Waals surface area (Å²) in [7, 11) is 0. The lowest BCUT2D eigenvalue weighted by atomic mass is 10.0. The van der Waals surface area contributed by atoms with Crippen LogP contribution < -0.4 is 10.6 Å². The maximum atomic E-state index is 11.8. The van der Waals surface area contributed by atoms with Gasteiger partial charge in [0.1, 0.15) is 5.01 Å². The first kappa shape index (κ1) is 15.4. The van der Waals surface area contributed by atoms with Gasteiger partial charge in [-0.1, -0.05) is 6.92 Å². The minimum atomic E-state index is -1.06. The molecule has 1 aromatic heterocycles. The molecule has 0 saturated heterocycles. The normalized spacial score (nSPS) is 12.8. The van der Waals surface area contributed by atoms with E-state index in [0.717, 1.165) is 6.42 Å². The molecular formula is C12H19N3O3S. The second kappa shape index (κ2) is 6.01. The molecule has 7 heteroatoms. The summed E-state index contributed by atoms with van der Waals surface area (Å²) in [6.45, 7) is 7.62. The Bertz CT molecular complexity index is 471. The third kappa shape index (κ3) is 4.51. The third-order valence-electron chi connectivity index (χ3n) is 2.79. The topological polar surface area (TPSA) is 91.3 Å². The van der Waals surface area contributed by atoms with Crippen molar-refractivity contribution in [2.75, 3.05) is 0 Å². The Morgan fingerprint density at radius 2 is 2.16 bits per heavy atom. The standard InChI is InChI=1S/C12H19N3O3S/c1-5-12(3,4)15-11(18)13-7(2)9-14-8(6-19-9)10(16)17/h6-7H,5H2,1-4H3,(H,16,17)(H2,13,15,18). The summed E-state index contributed by atoms with van der Waals surface area (Å²) >= 11 is 1.22. The van der Waals surface area contributed by atoms with Gasteiger partial charge in [-0.25, -0.2) is 14.6 Å². The molecule has 0 spiro atoms. The van der Waals surface area contributed by atoms with E-state index in [4.69, 9.17) is 5.11 Å². The molecule has 1 aromatic rings. The number of thiazole rings is 1. The highest BCUT2D eigenvalue weighted by Crippen LogP contribution is 2.18. The van der Waals surface area contributed by atoms with Crippen LogP contribution in [0.25, 0.3) is 0 Å². The van der Waals surface area contributed by atoms with Crippen molar-refractivity contribution in [2.24, 2.45) is 0 Å². The number of nitrogens with zero attached hydrogens (tertiary/aromatic N) is 1. The fourth-order valence-electron chi connectivity index (χ4n) is 1.27. The van der Waals surface area contributed by atoms with Crippen LogP contribution in [0.1, 0.15) is 55.7 Å². The molecule has 2 amide bonds. The van der Waals surface area contributed by atoms with Gasteiger partial charge in [0.2, 0.25) is 0 Å². The molecule has 0 aliphatic heterocycles. The van der Waals surface area contributed by atoms with Crippen molar-refractivity contribution in [2.45, 2.75) is 45.7 Å². The second-order valence-corrected chi connectivity index (χ2v) is 5.82. The molecule has 1 rings (SSSR count). The Morgan fingerprint density at radius 3 is 2.63 bits per heavy atom. The van der Waals surface area contributed by atoms with Crippen LogP contribution in [0.5, 0.6) is 0 Å². The van der Waals surface area contributed by atoms with Crippen molar-refractivity contribution in [1.29, 1.82) is 0 Å². The Kier molecular flexibility index (Phi) is 4.88. The number of nitrogens with one attached hydrogen (secondary N) is 2. The van der Waals surface area contributed by atoms with Crippen LogP contribution in [0.15, 0.2) is 5.38 Å². The van der Waals surface area contributed by atoms with E-state index in [9.17, 15) is 9.59 Å². The van der Waals surface area contributed by atoms with Gasteiger partial charge < -0.3 is 15.7 Å². The van der Waals surface area contributed by atoms with E-state index in [-0.39, 0.29) is 23.3 Å². The molecule has 6 nitrogen and oxygen atoms in total. The zero-order chi connectivity index (χ0) is 14.6. The van der Waals surface area contributed by atoms with Gasteiger partial charge in [-0.15, -0.1) is 11.3 Å². The van der Waals surface area contributed by atoms with Gasteiger partial charge in [-0.3, -0.25) is 0 Å². The predicted molar refractivity (Wildman–Crippen MR) is 73.5 cm³/mol. The van der Waals surface area contributed by atoms with Crippen molar-refractivity contribution in [3.8, 4) is 0 Å². The molecule has 3 N–H and O–H groups in total. The predicted octanol–water partition coefficient (Wildman–Crippen LogP) is 2.39. The van der Waals surface area contributed by atoms with Gasteiger partial charge in [0, 0.05) is 10.9 Å². The first-order valence-corrected chi connectivity index (χ1v) is 6.90. The summed E-state index contributed by atoms with van der Waals surface area (Å²) in [5, 5.41) is 16.4. The maximum absolute atomic E-state index is 11.8. The van der Waals surface area contributed by atoms with E-state index in [0.29, 0.717) is 5.01 Å². The molecule has 106 valence electrons. The number of hydrogen-bond acceptors (Lipinski definition) is 4. The molecule has 1 unspecified atom stereocenters. The fourth-order valence-corrected chi connectivity index (χ4v) is 2.07. The Hall–Kier alpha value is -1.63. The largest absolute Gasteiger partial charge is 0.476 e. The molecule has 0 saturated carbocycles. The van der Waals surface area contributed by atoms with Crippen molar-refractivity contribution >= 4 is 23.3 Å². The van der Waals surface area contributed by atoms with E-state index >= 15 is 0 Å². The van der Waals surface area contributed by atoms with Crippen LogP contribution in [0.2, 0.25) is 0 Å². The molecule has 0 aliphatic carbocycles. The number of amides is 2. The molecule has 1 atom stereocenters. The molecule has 0 radical (unpaired) electrons. The highest BCUT2D eigenvalue weighted by Gasteiger charge is 2.20. The number of carbonyl (C=O) groups is 2. The molecule has 19 heavy (non-hydrogen) atoms. The Labute approximate surface area is 116 Å². The quantitative estimate of drug-likeness (QED) is 0.774. The number of carboxylic acid groups (broad SMARTS) is 1. The molecule has 0 bridgehead atoms. The highest BCUT2D eigenvalue weighted by molar-refractivity contribution is 7.09. The summed E-state index contributed by atoms with van der Waals surface area (Å²) in [6, 6.07) is -0.614. The van der Waals surface area contributed by atoms with Crippen LogP contribution in [-0.4, -0.2) is 27.6 Å². The Balaban J connectivity index is 2.61. The van der Waals surface area contributed by atoms with Gasteiger partial charge in [-0.2, -0.15) is 0 Å². The van der Waals surface area contributed by atoms with Crippen molar-refractivity contribution in [3.63, 3.8) is 0 Å². The monoisotopic (exact) mass is 285 g/mol. The van der Waals surface area contributed by atoms with Gasteiger partial charge in [0.15, 0.2) is 5.69 Å². The lowest BCUT2D eigenvalue weighted by molar-refractivity contribution is 0.0691. The average molecular weight is 285 g/mol. The van der Waals surface area contributed by atoms with Crippen molar-refractivity contribution in [1.82, 2.24) is 15.6 Å². The van der Waals surface area contributed by atoms with E-state index in [1.54, 1.807) is 6.92 Å². The van der Waals surface area contributed by atoms with Crippen LogP contribution in [0.3, 0.4) is 0 Å². The number of aromatic carboxylic acids is 1. The van der Waals surface area contributed by atoms with Crippen LogP contribution >= 0.6 is 11.3 Å². The molecule has 1 heterocycles. The van der Waals surface area contributed by atoms with Gasteiger partial charge in [0.25, 0.3) is 0 Å². The lowest BCUT2D eigenvalue weighted by Crippen LogP contribution is -2.48. The van der Waals surface area contributed by atoms with Crippen LogP contribution in [-0.2, 0) is 0 Å². The fraction of sp³-hybridized carbons (Fsp3) is 0.583. The smallest absolute Gasteiger partial charge is 0.355 e. The SMILES string of the molecule is CCC(C)(C)NC(=O)NC(C)c1nc(C(=O)O)cs1. The first-order chi connectivity index (χ1) is 8.75. The van der Waals surface area contributed by atoms with Crippen molar-refractivity contribution in [3.05, 3.63) is 16.1 Å². The number of carboxylic acids is 1. The molecule has 0 aliphatic rings. The summed E-state index contributed by atoms with van der Waals surface area (Å²) < 4.78 is 0. The third-order valence-corrected chi connectivity index (χ3v) is 3.82. The summed E-state index contributed by atoms with van der Waals surface area (Å²) in [6.07, 6.45) is 0.815. The number of hydrogen-bond donors (Lipinski definition) is 3. The van der Waals surface area contributed by atoms with E-state index in [2.05, 4.69) is 15.6 Å². The van der Waals surface area contributed by atoms with Crippen LogP contribution in [0, 0.1) is 0 Å². The van der Waals surface area contributed by atoms with E-state index in [1.165, 1.54) is 16.7 Å². The number of aromatic nitrogens is 1. The zero-order valence-corrected chi connectivity index (χ0v) is 12.3. The molecular weight excluding hydrogens is 266 g/mol. The van der Waals surface area contributed by atoms with Gasteiger partial charge in [0.05, 0.1) is 6.04 Å². The summed E-state index contributed by atoms with van der Waals surface area (Å²) in [5.74, 6) is -1.06. The first-order valence-electron chi connectivity index (χ1n) is 6.02.